The van der Waals surface area contributed by atoms with Crippen molar-refractivity contribution in [2.75, 3.05) is 25.6 Å². The summed E-state index contributed by atoms with van der Waals surface area (Å²) in [6.07, 6.45) is -0.226. The van der Waals surface area contributed by atoms with Gasteiger partial charge in [-0.1, -0.05) is 12.1 Å². The molecule has 1 aromatic rings. The zero-order valence-corrected chi connectivity index (χ0v) is 17.7. The SMILES string of the molecule is CCN1C(=S)N[C@H](c2ccc(NC(=O)COC)cc2)C(C(=O)OC(C)C)=C1C. The Balaban J connectivity index is 2.35. The van der Waals surface area contributed by atoms with Gasteiger partial charge < -0.3 is 25.0 Å². The lowest BCUT2D eigenvalue weighted by Crippen LogP contribution is -2.47. The number of carbonyl (C=O) groups is 2. The van der Waals surface area contributed by atoms with E-state index >= 15 is 0 Å². The van der Waals surface area contributed by atoms with Gasteiger partial charge in [0.1, 0.15) is 6.61 Å². The normalized spacial score (nSPS) is 16.9. The van der Waals surface area contributed by atoms with E-state index in [0.717, 1.165) is 11.3 Å². The van der Waals surface area contributed by atoms with E-state index in [-0.39, 0.29) is 24.6 Å². The van der Waals surface area contributed by atoms with Gasteiger partial charge in [-0.05, 0) is 57.6 Å². The third-order valence-electron chi connectivity index (χ3n) is 4.28. The van der Waals surface area contributed by atoms with Crippen molar-refractivity contribution in [2.45, 2.75) is 39.8 Å². The second kappa shape index (κ2) is 9.66. The number of nitrogens with one attached hydrogen (secondary N) is 2. The average Bonchev–Trinajstić information content (AvgIpc) is 2.61. The lowest BCUT2D eigenvalue weighted by molar-refractivity contribution is -0.143. The first-order chi connectivity index (χ1) is 13.3. The van der Waals surface area contributed by atoms with Crippen LogP contribution in [0.4, 0.5) is 5.69 Å². The molecule has 1 aliphatic rings. The molecule has 1 aliphatic heterocycles. The zero-order chi connectivity index (χ0) is 20.8. The lowest BCUT2D eigenvalue weighted by atomic mass is 9.94. The van der Waals surface area contributed by atoms with Gasteiger partial charge in [-0.25, -0.2) is 4.79 Å². The minimum Gasteiger partial charge on any atom is -0.459 e. The molecule has 1 aromatic carbocycles. The molecule has 0 saturated heterocycles. The Labute approximate surface area is 171 Å². The topological polar surface area (TPSA) is 79.9 Å². The molecule has 0 aromatic heterocycles. The summed E-state index contributed by atoms with van der Waals surface area (Å²) >= 11 is 5.48. The highest BCUT2D eigenvalue weighted by molar-refractivity contribution is 7.80. The van der Waals surface area contributed by atoms with Crippen molar-refractivity contribution in [3.8, 4) is 0 Å². The molecule has 2 rings (SSSR count). The summed E-state index contributed by atoms with van der Waals surface area (Å²) in [5, 5.41) is 6.54. The van der Waals surface area contributed by atoms with Crippen LogP contribution in [-0.2, 0) is 19.1 Å². The minimum absolute atomic E-state index is 0.0137. The number of methoxy groups -OCH3 is 1. The molecule has 28 heavy (non-hydrogen) atoms. The Morgan fingerprint density at radius 3 is 2.46 bits per heavy atom. The van der Waals surface area contributed by atoms with E-state index in [1.165, 1.54) is 7.11 Å². The van der Waals surface area contributed by atoms with Gasteiger partial charge in [0.05, 0.1) is 17.7 Å². The van der Waals surface area contributed by atoms with Crippen LogP contribution < -0.4 is 10.6 Å². The van der Waals surface area contributed by atoms with Crippen molar-refractivity contribution < 1.29 is 19.1 Å². The maximum atomic E-state index is 12.8. The van der Waals surface area contributed by atoms with Crippen LogP contribution in [0.15, 0.2) is 35.5 Å². The van der Waals surface area contributed by atoms with Gasteiger partial charge in [-0.15, -0.1) is 0 Å². The quantitative estimate of drug-likeness (QED) is 0.533. The summed E-state index contributed by atoms with van der Waals surface area (Å²) in [4.78, 5) is 26.3. The Bertz CT molecular complexity index is 774. The molecule has 0 bridgehead atoms. The molecule has 0 radical (unpaired) electrons. The number of amides is 1. The van der Waals surface area contributed by atoms with Crippen molar-refractivity contribution in [2.24, 2.45) is 0 Å². The molecule has 0 aliphatic carbocycles. The van der Waals surface area contributed by atoms with Crippen LogP contribution in [0.25, 0.3) is 0 Å². The van der Waals surface area contributed by atoms with E-state index in [1.807, 2.05) is 44.7 Å². The highest BCUT2D eigenvalue weighted by atomic mass is 32.1. The number of hydrogen-bond donors (Lipinski definition) is 2. The van der Waals surface area contributed by atoms with Gasteiger partial charge in [-0.2, -0.15) is 0 Å². The monoisotopic (exact) mass is 405 g/mol. The van der Waals surface area contributed by atoms with E-state index in [0.29, 0.717) is 22.9 Å². The number of nitrogens with zero attached hydrogens (tertiary/aromatic N) is 1. The third kappa shape index (κ3) is 5.08. The van der Waals surface area contributed by atoms with E-state index < -0.39 is 6.04 Å². The number of carbonyl (C=O) groups excluding carboxylic acids is 2. The van der Waals surface area contributed by atoms with Crippen LogP contribution in [0.1, 0.15) is 39.3 Å². The molecule has 7 nitrogen and oxygen atoms in total. The number of benzene rings is 1. The molecule has 152 valence electrons. The fraction of sp³-hybridized carbons (Fsp3) is 0.450. The fourth-order valence-corrected chi connectivity index (χ4v) is 3.43. The summed E-state index contributed by atoms with van der Waals surface area (Å²) in [6.45, 7) is 8.12. The van der Waals surface area contributed by atoms with Crippen LogP contribution in [0.5, 0.6) is 0 Å². The smallest absolute Gasteiger partial charge is 0.338 e. The summed E-state index contributed by atoms with van der Waals surface area (Å²) < 4.78 is 10.3. The first kappa shape index (κ1) is 21.8. The number of ether oxygens (including phenoxy) is 2. The molecule has 0 fully saturated rings. The second-order valence-electron chi connectivity index (χ2n) is 6.68. The molecule has 0 unspecified atom stereocenters. The molecule has 1 heterocycles. The number of esters is 1. The molecule has 0 spiro atoms. The van der Waals surface area contributed by atoms with Crippen molar-refractivity contribution >= 4 is 34.9 Å². The molecule has 1 amide bonds. The molecule has 0 saturated carbocycles. The lowest BCUT2D eigenvalue weighted by Gasteiger charge is -2.37. The Morgan fingerprint density at radius 2 is 1.93 bits per heavy atom. The van der Waals surface area contributed by atoms with Gasteiger partial charge in [0.25, 0.3) is 0 Å². The number of anilines is 1. The van der Waals surface area contributed by atoms with Crippen LogP contribution >= 0.6 is 12.2 Å². The van der Waals surface area contributed by atoms with Crippen LogP contribution in [0.2, 0.25) is 0 Å². The first-order valence-corrected chi connectivity index (χ1v) is 9.57. The molecular weight excluding hydrogens is 378 g/mol. The summed E-state index contributed by atoms with van der Waals surface area (Å²) in [6, 6.07) is 6.83. The zero-order valence-electron chi connectivity index (χ0n) is 16.9. The van der Waals surface area contributed by atoms with Gasteiger partial charge in [0.2, 0.25) is 5.91 Å². The first-order valence-electron chi connectivity index (χ1n) is 9.17. The summed E-state index contributed by atoms with van der Waals surface area (Å²) in [5.41, 5.74) is 2.80. The van der Waals surface area contributed by atoms with Crippen molar-refractivity contribution in [1.82, 2.24) is 10.2 Å². The minimum atomic E-state index is -0.426. The molecule has 8 heteroatoms. The number of thiocarbonyl (C=S) groups is 1. The number of hydrogen-bond acceptors (Lipinski definition) is 5. The summed E-state index contributed by atoms with van der Waals surface area (Å²) in [7, 11) is 1.46. The van der Waals surface area contributed by atoms with E-state index in [2.05, 4.69) is 10.6 Å². The van der Waals surface area contributed by atoms with E-state index in [9.17, 15) is 9.59 Å². The highest BCUT2D eigenvalue weighted by Crippen LogP contribution is 2.32. The van der Waals surface area contributed by atoms with Crippen molar-refractivity contribution in [3.05, 3.63) is 41.1 Å². The maximum Gasteiger partial charge on any atom is 0.338 e. The average molecular weight is 406 g/mol. The van der Waals surface area contributed by atoms with E-state index in [1.54, 1.807) is 12.1 Å². The molecule has 2 N–H and O–H groups in total. The van der Waals surface area contributed by atoms with Crippen molar-refractivity contribution in [3.63, 3.8) is 0 Å². The largest absolute Gasteiger partial charge is 0.459 e. The van der Waals surface area contributed by atoms with Crippen LogP contribution in [0, 0.1) is 0 Å². The Hall–Kier alpha value is -2.45. The van der Waals surface area contributed by atoms with Crippen LogP contribution in [-0.4, -0.2) is 48.3 Å². The number of rotatable bonds is 7. The highest BCUT2D eigenvalue weighted by Gasteiger charge is 2.34. The van der Waals surface area contributed by atoms with Gasteiger partial charge in [-0.3, -0.25) is 4.79 Å². The van der Waals surface area contributed by atoms with Gasteiger partial charge in [0.15, 0.2) is 5.11 Å². The number of allylic oxidation sites excluding steroid dienone is 1. The third-order valence-corrected chi connectivity index (χ3v) is 4.62. The predicted octanol–water partition coefficient (Wildman–Crippen LogP) is 2.75. The van der Waals surface area contributed by atoms with Crippen molar-refractivity contribution in [1.29, 1.82) is 0 Å². The van der Waals surface area contributed by atoms with Gasteiger partial charge >= 0.3 is 5.97 Å². The van der Waals surface area contributed by atoms with E-state index in [4.69, 9.17) is 21.7 Å². The standard InChI is InChI=1S/C20H27N3O4S/c1-6-23-13(4)17(19(25)27-12(2)3)18(22-20(23)28)14-7-9-15(10-8-14)21-16(24)11-26-5/h7-10,12,18H,6,11H2,1-5H3,(H,21,24)(H,22,28)/t18-/m1/s1. The Morgan fingerprint density at radius 1 is 1.29 bits per heavy atom. The second-order valence-corrected chi connectivity index (χ2v) is 7.07. The maximum absolute atomic E-state index is 12.8. The summed E-state index contributed by atoms with van der Waals surface area (Å²) in [5.74, 6) is -0.605. The Kier molecular flexibility index (Phi) is 7.53. The fourth-order valence-electron chi connectivity index (χ4n) is 3.04. The molecular formula is C20H27N3O4S. The molecule has 1 atom stereocenters. The predicted molar refractivity (Wildman–Crippen MR) is 112 cm³/mol. The van der Waals surface area contributed by atoms with Crippen LogP contribution in [0.3, 0.4) is 0 Å². The van der Waals surface area contributed by atoms with Gasteiger partial charge in [0, 0.05) is 25.0 Å².